The lowest BCUT2D eigenvalue weighted by atomic mass is 9.94. The van der Waals surface area contributed by atoms with Crippen molar-refractivity contribution in [3.63, 3.8) is 0 Å². The van der Waals surface area contributed by atoms with Crippen LogP contribution in [0.4, 0.5) is 0 Å². The summed E-state index contributed by atoms with van der Waals surface area (Å²) in [6.07, 6.45) is 2.53. The summed E-state index contributed by atoms with van der Waals surface area (Å²) >= 11 is 1.75. The summed E-state index contributed by atoms with van der Waals surface area (Å²) in [4.78, 5) is 2.54. The molecule has 3 unspecified atom stereocenters. The Hall–Kier alpha value is -0.420. The molecule has 102 valence electrons. The zero-order valence-corrected chi connectivity index (χ0v) is 12.2. The first kappa shape index (κ1) is 14.0. The first-order chi connectivity index (χ1) is 8.72. The Balaban J connectivity index is 2.06. The minimum atomic E-state index is 0.167. The predicted molar refractivity (Wildman–Crippen MR) is 76.9 cm³/mol. The standard InChI is InChI=1S/C14H24N2OS/c1-11(15)14(13-5-7-18-10-13)16-6-3-4-12(8-16)9-17-2/h5,7,10-12,14H,3-4,6,8-9,15H2,1-2H3. The summed E-state index contributed by atoms with van der Waals surface area (Å²) in [6.45, 7) is 5.24. The van der Waals surface area contributed by atoms with Crippen LogP contribution in [0.3, 0.4) is 0 Å². The molecule has 0 bridgehead atoms. The van der Waals surface area contributed by atoms with Crippen LogP contribution in [0.2, 0.25) is 0 Å². The van der Waals surface area contributed by atoms with Crippen molar-refractivity contribution in [2.75, 3.05) is 26.8 Å². The Morgan fingerprint density at radius 2 is 2.44 bits per heavy atom. The van der Waals surface area contributed by atoms with Crippen LogP contribution in [-0.2, 0) is 4.74 Å². The maximum atomic E-state index is 6.21. The zero-order chi connectivity index (χ0) is 13.0. The third-order valence-corrected chi connectivity index (χ3v) is 4.43. The monoisotopic (exact) mass is 268 g/mol. The molecule has 1 saturated heterocycles. The maximum absolute atomic E-state index is 6.21. The number of likely N-dealkylation sites (tertiary alicyclic amines) is 1. The van der Waals surface area contributed by atoms with Crippen molar-refractivity contribution in [1.82, 2.24) is 4.90 Å². The Morgan fingerprint density at radius 1 is 1.61 bits per heavy atom. The number of methoxy groups -OCH3 is 1. The van der Waals surface area contributed by atoms with Crippen LogP contribution in [0.25, 0.3) is 0 Å². The topological polar surface area (TPSA) is 38.5 Å². The van der Waals surface area contributed by atoms with E-state index >= 15 is 0 Å². The Morgan fingerprint density at radius 3 is 3.06 bits per heavy atom. The number of nitrogens with two attached hydrogens (primary N) is 1. The second-order valence-electron chi connectivity index (χ2n) is 5.32. The molecule has 2 heterocycles. The first-order valence-electron chi connectivity index (χ1n) is 6.73. The molecule has 0 amide bonds. The molecule has 4 heteroatoms. The number of hydrogen-bond acceptors (Lipinski definition) is 4. The Bertz CT molecular complexity index is 338. The summed E-state index contributed by atoms with van der Waals surface area (Å²) in [5.74, 6) is 0.656. The van der Waals surface area contributed by atoms with Gasteiger partial charge in [0.05, 0.1) is 12.6 Å². The van der Waals surface area contributed by atoms with Gasteiger partial charge < -0.3 is 10.5 Å². The van der Waals surface area contributed by atoms with Gasteiger partial charge in [-0.05, 0) is 54.6 Å². The molecule has 0 radical (unpaired) electrons. The van der Waals surface area contributed by atoms with Gasteiger partial charge in [0.1, 0.15) is 0 Å². The summed E-state index contributed by atoms with van der Waals surface area (Å²) in [5, 5.41) is 4.37. The number of ether oxygens (including phenoxy) is 1. The summed E-state index contributed by atoms with van der Waals surface area (Å²) in [5.41, 5.74) is 7.58. The fourth-order valence-corrected chi connectivity index (χ4v) is 3.70. The second kappa shape index (κ2) is 6.66. The largest absolute Gasteiger partial charge is 0.384 e. The summed E-state index contributed by atoms with van der Waals surface area (Å²) < 4.78 is 5.30. The molecule has 0 saturated carbocycles. The van der Waals surface area contributed by atoms with E-state index in [1.807, 2.05) is 0 Å². The fraction of sp³-hybridized carbons (Fsp3) is 0.714. The van der Waals surface area contributed by atoms with Crippen LogP contribution in [0.1, 0.15) is 31.4 Å². The fourth-order valence-electron chi connectivity index (χ4n) is 3.01. The molecule has 3 atom stereocenters. The smallest absolute Gasteiger partial charge is 0.0504 e. The van der Waals surface area contributed by atoms with Gasteiger partial charge in [0.25, 0.3) is 0 Å². The highest BCUT2D eigenvalue weighted by Gasteiger charge is 2.29. The van der Waals surface area contributed by atoms with Gasteiger partial charge in [0.15, 0.2) is 0 Å². The van der Waals surface area contributed by atoms with Crippen LogP contribution >= 0.6 is 11.3 Å². The van der Waals surface area contributed by atoms with E-state index in [9.17, 15) is 0 Å². The number of piperidine rings is 1. The van der Waals surface area contributed by atoms with Gasteiger partial charge in [0, 0.05) is 19.7 Å². The van der Waals surface area contributed by atoms with E-state index < -0.39 is 0 Å². The molecule has 3 nitrogen and oxygen atoms in total. The van der Waals surface area contributed by atoms with E-state index in [1.54, 1.807) is 18.4 Å². The molecule has 0 aliphatic carbocycles. The second-order valence-corrected chi connectivity index (χ2v) is 6.10. The van der Waals surface area contributed by atoms with E-state index in [-0.39, 0.29) is 6.04 Å². The lowest BCUT2D eigenvalue weighted by Gasteiger charge is -2.39. The summed E-state index contributed by atoms with van der Waals surface area (Å²) in [7, 11) is 1.79. The average Bonchev–Trinajstić information content (AvgIpc) is 2.83. The van der Waals surface area contributed by atoms with Crippen molar-refractivity contribution < 1.29 is 4.74 Å². The number of hydrogen-bond donors (Lipinski definition) is 1. The molecular formula is C14H24N2OS. The van der Waals surface area contributed by atoms with Crippen molar-refractivity contribution in [3.8, 4) is 0 Å². The molecule has 1 aromatic heterocycles. The Kier molecular flexibility index (Phi) is 5.18. The molecule has 2 N–H and O–H groups in total. The van der Waals surface area contributed by atoms with Gasteiger partial charge in [-0.3, -0.25) is 4.90 Å². The highest BCUT2D eigenvalue weighted by atomic mass is 32.1. The minimum Gasteiger partial charge on any atom is -0.384 e. The van der Waals surface area contributed by atoms with Gasteiger partial charge >= 0.3 is 0 Å². The zero-order valence-electron chi connectivity index (χ0n) is 11.3. The molecule has 0 aromatic carbocycles. The number of thiophene rings is 1. The highest BCUT2D eigenvalue weighted by molar-refractivity contribution is 7.07. The lowest BCUT2D eigenvalue weighted by molar-refractivity contribution is 0.0620. The average molecular weight is 268 g/mol. The molecule has 2 rings (SSSR count). The Labute approximate surface area is 114 Å². The van der Waals surface area contributed by atoms with Gasteiger partial charge in [-0.2, -0.15) is 11.3 Å². The first-order valence-corrected chi connectivity index (χ1v) is 7.67. The van der Waals surface area contributed by atoms with Gasteiger partial charge in [-0.15, -0.1) is 0 Å². The van der Waals surface area contributed by atoms with Gasteiger partial charge in [0.2, 0.25) is 0 Å². The van der Waals surface area contributed by atoms with Gasteiger partial charge in [-0.25, -0.2) is 0 Å². The van der Waals surface area contributed by atoms with Crippen molar-refractivity contribution in [3.05, 3.63) is 22.4 Å². The van der Waals surface area contributed by atoms with Crippen LogP contribution in [0.15, 0.2) is 16.8 Å². The quantitative estimate of drug-likeness (QED) is 0.891. The summed E-state index contributed by atoms with van der Waals surface area (Å²) in [6, 6.07) is 2.73. The van der Waals surface area contributed by atoms with Crippen LogP contribution in [0.5, 0.6) is 0 Å². The maximum Gasteiger partial charge on any atom is 0.0504 e. The van der Waals surface area contributed by atoms with E-state index in [0.29, 0.717) is 12.0 Å². The molecule has 1 aromatic rings. The highest BCUT2D eigenvalue weighted by Crippen LogP contribution is 2.30. The predicted octanol–water partition coefficient (Wildman–Crippen LogP) is 2.49. The third-order valence-electron chi connectivity index (χ3n) is 3.73. The SMILES string of the molecule is COCC1CCCN(C(c2ccsc2)C(C)N)C1. The van der Waals surface area contributed by atoms with E-state index in [1.165, 1.54) is 18.4 Å². The van der Waals surface area contributed by atoms with Crippen molar-refractivity contribution in [2.24, 2.45) is 11.7 Å². The van der Waals surface area contributed by atoms with Crippen LogP contribution in [0, 0.1) is 5.92 Å². The van der Waals surface area contributed by atoms with E-state index in [4.69, 9.17) is 10.5 Å². The molecule has 1 fully saturated rings. The normalized spacial score (nSPS) is 24.9. The van der Waals surface area contributed by atoms with E-state index in [0.717, 1.165) is 19.7 Å². The molecular weight excluding hydrogens is 244 g/mol. The van der Waals surface area contributed by atoms with E-state index in [2.05, 4.69) is 28.7 Å². The van der Waals surface area contributed by atoms with Gasteiger partial charge in [-0.1, -0.05) is 0 Å². The number of rotatable bonds is 5. The third kappa shape index (κ3) is 3.32. The minimum absolute atomic E-state index is 0.167. The van der Waals surface area contributed by atoms with Crippen LogP contribution in [-0.4, -0.2) is 37.7 Å². The molecule has 1 aliphatic rings. The lowest BCUT2D eigenvalue weighted by Crippen LogP contribution is -2.45. The van der Waals surface area contributed by atoms with Crippen LogP contribution < -0.4 is 5.73 Å². The molecule has 0 spiro atoms. The van der Waals surface area contributed by atoms with Crippen molar-refractivity contribution >= 4 is 11.3 Å². The molecule has 18 heavy (non-hydrogen) atoms. The van der Waals surface area contributed by atoms with Crippen molar-refractivity contribution in [2.45, 2.75) is 31.8 Å². The number of nitrogens with zero attached hydrogens (tertiary/aromatic N) is 1. The molecule has 1 aliphatic heterocycles. The van der Waals surface area contributed by atoms with Crippen molar-refractivity contribution in [1.29, 1.82) is 0 Å².